The van der Waals surface area contributed by atoms with Crippen molar-refractivity contribution in [2.75, 3.05) is 7.11 Å². The van der Waals surface area contributed by atoms with Gasteiger partial charge in [-0.3, -0.25) is 0 Å². The smallest absolute Gasteiger partial charge is 0.129 e. The lowest BCUT2D eigenvalue weighted by Gasteiger charge is -2.19. The molecule has 2 rings (SSSR count). The number of methoxy groups -OCH3 is 1. The van der Waals surface area contributed by atoms with Gasteiger partial charge in [0.05, 0.1) is 12.5 Å². The second kappa shape index (κ2) is 7.33. The first-order chi connectivity index (χ1) is 10.1. The van der Waals surface area contributed by atoms with Crippen molar-refractivity contribution in [1.82, 2.24) is 0 Å². The second-order valence-corrected chi connectivity index (χ2v) is 6.52. The molecule has 114 valence electrons. The van der Waals surface area contributed by atoms with Crippen molar-refractivity contribution in [1.29, 1.82) is 0 Å². The Morgan fingerprint density at radius 1 is 1.05 bits per heavy atom. The number of alkyl halides is 1. The molecule has 0 aliphatic heterocycles. The molecule has 2 aromatic rings. The Morgan fingerprint density at radius 2 is 1.67 bits per heavy atom. The number of benzene rings is 1. The third-order valence-electron chi connectivity index (χ3n) is 3.92. The van der Waals surface area contributed by atoms with Crippen LogP contribution in [-0.2, 0) is 19.3 Å². The van der Waals surface area contributed by atoms with Gasteiger partial charge in [-0.1, -0.05) is 32.9 Å². The Balaban J connectivity index is 2.50. The molecule has 0 spiro atoms. The number of hydrogen-bond donors (Lipinski definition) is 0. The molecule has 1 aromatic carbocycles. The number of rotatable bonds is 6. The van der Waals surface area contributed by atoms with E-state index < -0.39 is 0 Å². The van der Waals surface area contributed by atoms with Crippen LogP contribution in [0.25, 0.3) is 0 Å². The van der Waals surface area contributed by atoms with E-state index in [1.807, 2.05) is 5.38 Å². The Labute approximate surface area is 136 Å². The summed E-state index contributed by atoms with van der Waals surface area (Å²) in [4.78, 5) is 1.15. The average Bonchev–Trinajstić information content (AvgIpc) is 3.01. The fourth-order valence-corrected chi connectivity index (χ4v) is 4.02. The van der Waals surface area contributed by atoms with E-state index in [1.165, 1.54) is 22.3 Å². The molecule has 1 aromatic heterocycles. The first-order valence-corrected chi connectivity index (χ1v) is 8.87. The molecular weight excluding hydrogens is 300 g/mol. The lowest BCUT2D eigenvalue weighted by Crippen LogP contribution is -2.04. The van der Waals surface area contributed by atoms with E-state index in [1.54, 1.807) is 18.4 Å². The van der Waals surface area contributed by atoms with Crippen LogP contribution < -0.4 is 4.74 Å². The number of ether oxygens (including phenoxy) is 1. The van der Waals surface area contributed by atoms with E-state index in [0.29, 0.717) is 0 Å². The van der Waals surface area contributed by atoms with Crippen molar-refractivity contribution in [3.05, 3.63) is 50.7 Å². The van der Waals surface area contributed by atoms with Crippen LogP contribution in [0.1, 0.15) is 53.3 Å². The van der Waals surface area contributed by atoms with Gasteiger partial charge in [-0.2, -0.15) is 0 Å². The van der Waals surface area contributed by atoms with Gasteiger partial charge >= 0.3 is 0 Å². The van der Waals surface area contributed by atoms with E-state index in [9.17, 15) is 0 Å². The van der Waals surface area contributed by atoms with Crippen LogP contribution in [0.3, 0.4) is 0 Å². The SMILES string of the molecule is CCc1cc(CC)c(C(Cl)c2cc(OC)cs2)c(CC)c1. The minimum absolute atomic E-state index is 0.0882. The largest absolute Gasteiger partial charge is 0.496 e. The first-order valence-electron chi connectivity index (χ1n) is 7.55. The molecule has 0 saturated carbocycles. The Bertz CT molecular complexity index is 578. The van der Waals surface area contributed by atoms with Crippen molar-refractivity contribution in [2.45, 2.75) is 45.4 Å². The van der Waals surface area contributed by atoms with E-state index >= 15 is 0 Å². The minimum atomic E-state index is -0.0882. The highest BCUT2D eigenvalue weighted by Crippen LogP contribution is 2.39. The van der Waals surface area contributed by atoms with Crippen LogP contribution in [0.5, 0.6) is 5.75 Å². The molecule has 1 heterocycles. The number of aryl methyl sites for hydroxylation is 3. The van der Waals surface area contributed by atoms with Crippen molar-refractivity contribution in [3.63, 3.8) is 0 Å². The Kier molecular flexibility index (Phi) is 5.72. The quantitative estimate of drug-likeness (QED) is 0.613. The van der Waals surface area contributed by atoms with Gasteiger partial charge in [0.2, 0.25) is 0 Å². The maximum Gasteiger partial charge on any atom is 0.129 e. The molecule has 1 atom stereocenters. The van der Waals surface area contributed by atoms with Gasteiger partial charge < -0.3 is 4.74 Å². The van der Waals surface area contributed by atoms with Gasteiger partial charge in [-0.05, 0) is 47.6 Å². The highest BCUT2D eigenvalue weighted by atomic mass is 35.5. The van der Waals surface area contributed by atoms with Crippen LogP contribution in [-0.4, -0.2) is 7.11 Å². The predicted molar refractivity (Wildman–Crippen MR) is 93.1 cm³/mol. The summed E-state index contributed by atoms with van der Waals surface area (Å²) in [6.07, 6.45) is 3.10. The predicted octanol–water partition coefficient (Wildman–Crippen LogP) is 5.77. The fraction of sp³-hybridized carbons (Fsp3) is 0.444. The lowest BCUT2D eigenvalue weighted by molar-refractivity contribution is 0.416. The normalized spacial score (nSPS) is 12.4. The van der Waals surface area contributed by atoms with Crippen LogP contribution >= 0.6 is 22.9 Å². The zero-order chi connectivity index (χ0) is 15.4. The van der Waals surface area contributed by atoms with Crippen LogP contribution in [0, 0.1) is 0 Å². The van der Waals surface area contributed by atoms with Gasteiger partial charge in [-0.15, -0.1) is 22.9 Å². The molecule has 0 saturated heterocycles. The van der Waals surface area contributed by atoms with Crippen molar-refractivity contribution in [2.24, 2.45) is 0 Å². The van der Waals surface area contributed by atoms with E-state index in [-0.39, 0.29) is 5.38 Å². The molecule has 1 nitrogen and oxygen atoms in total. The summed E-state index contributed by atoms with van der Waals surface area (Å²) >= 11 is 8.49. The molecule has 0 N–H and O–H groups in total. The summed E-state index contributed by atoms with van der Waals surface area (Å²) in [5, 5.41) is 1.93. The summed E-state index contributed by atoms with van der Waals surface area (Å²) in [6, 6.07) is 6.68. The summed E-state index contributed by atoms with van der Waals surface area (Å²) in [7, 11) is 1.69. The van der Waals surface area contributed by atoms with Gasteiger partial charge in [0, 0.05) is 10.3 Å². The average molecular weight is 323 g/mol. The third-order valence-corrected chi connectivity index (χ3v) is 5.47. The monoisotopic (exact) mass is 322 g/mol. The number of halogens is 1. The van der Waals surface area contributed by atoms with E-state index in [2.05, 4.69) is 39.0 Å². The summed E-state index contributed by atoms with van der Waals surface area (Å²) < 4.78 is 5.28. The van der Waals surface area contributed by atoms with Crippen LogP contribution in [0.4, 0.5) is 0 Å². The molecule has 21 heavy (non-hydrogen) atoms. The summed E-state index contributed by atoms with van der Waals surface area (Å²) in [5.41, 5.74) is 5.44. The molecule has 1 unspecified atom stereocenters. The Hall–Kier alpha value is -0.990. The van der Waals surface area contributed by atoms with Gasteiger partial charge in [-0.25, -0.2) is 0 Å². The maximum atomic E-state index is 6.82. The number of thiophene rings is 1. The maximum absolute atomic E-state index is 6.82. The number of hydrogen-bond acceptors (Lipinski definition) is 2. The van der Waals surface area contributed by atoms with Gasteiger partial charge in [0.1, 0.15) is 5.75 Å². The summed E-state index contributed by atoms with van der Waals surface area (Å²) in [5.74, 6) is 0.891. The molecule has 0 aliphatic carbocycles. The molecule has 0 aliphatic rings. The third kappa shape index (κ3) is 3.44. The van der Waals surface area contributed by atoms with Crippen molar-refractivity contribution in [3.8, 4) is 5.75 Å². The van der Waals surface area contributed by atoms with Gasteiger partial charge in [0.25, 0.3) is 0 Å². The van der Waals surface area contributed by atoms with E-state index in [0.717, 1.165) is 29.9 Å². The highest BCUT2D eigenvalue weighted by molar-refractivity contribution is 7.10. The van der Waals surface area contributed by atoms with Crippen LogP contribution in [0.15, 0.2) is 23.6 Å². The molecule has 0 fully saturated rings. The Morgan fingerprint density at radius 3 is 2.10 bits per heavy atom. The fourth-order valence-electron chi connectivity index (χ4n) is 2.68. The second-order valence-electron chi connectivity index (χ2n) is 5.14. The molecule has 0 bridgehead atoms. The molecule has 0 radical (unpaired) electrons. The van der Waals surface area contributed by atoms with Gasteiger partial charge in [0.15, 0.2) is 0 Å². The molecule has 3 heteroatoms. The minimum Gasteiger partial charge on any atom is -0.496 e. The van der Waals surface area contributed by atoms with Crippen LogP contribution in [0.2, 0.25) is 0 Å². The molecule has 0 amide bonds. The van der Waals surface area contributed by atoms with E-state index in [4.69, 9.17) is 16.3 Å². The topological polar surface area (TPSA) is 9.23 Å². The summed E-state index contributed by atoms with van der Waals surface area (Å²) in [6.45, 7) is 6.61. The van der Waals surface area contributed by atoms with Crippen molar-refractivity contribution >= 4 is 22.9 Å². The zero-order valence-electron chi connectivity index (χ0n) is 13.2. The highest BCUT2D eigenvalue weighted by Gasteiger charge is 2.20. The lowest BCUT2D eigenvalue weighted by atomic mass is 9.91. The zero-order valence-corrected chi connectivity index (χ0v) is 14.8. The standard InChI is InChI=1S/C18H23ClOS/c1-5-12-8-13(6-2)17(14(7-3)9-12)18(19)16-10-15(20-4)11-21-16/h8-11,18H,5-7H2,1-4H3. The molecular formula is C18H23ClOS. The first kappa shape index (κ1) is 16.4. The van der Waals surface area contributed by atoms with Crippen molar-refractivity contribution < 1.29 is 4.74 Å².